The number of nitrogens with one attached hydrogen (secondary N) is 1. The van der Waals surface area contributed by atoms with Crippen molar-refractivity contribution in [1.82, 2.24) is 5.32 Å². The van der Waals surface area contributed by atoms with Crippen LogP contribution in [0, 0.1) is 0 Å². The van der Waals surface area contributed by atoms with Crippen molar-refractivity contribution in [1.29, 1.82) is 0 Å². The number of hydrogen-bond donors (Lipinski definition) is 2. The van der Waals surface area contributed by atoms with E-state index >= 15 is 0 Å². The smallest absolute Gasteiger partial charge is 0.268 e. The molecule has 0 saturated carbocycles. The highest BCUT2D eigenvalue weighted by Crippen LogP contribution is 2.38. The Bertz CT molecular complexity index is 1770. The van der Waals surface area contributed by atoms with E-state index in [9.17, 15) is 19.4 Å². The maximum absolute atomic E-state index is 13.0. The molecule has 0 bridgehead atoms. The third-order valence-corrected chi connectivity index (χ3v) is 12.9. The summed E-state index contributed by atoms with van der Waals surface area (Å²) in [5.41, 5.74) is 0. The number of nitrogens with zero attached hydrogens (tertiary/aromatic N) is 1. The quantitative estimate of drug-likeness (QED) is 0.0272. The van der Waals surface area contributed by atoms with E-state index in [0.717, 1.165) is 96.3 Å². The molecule has 9 heteroatoms. The van der Waals surface area contributed by atoms with Crippen molar-refractivity contribution in [3.8, 4) is 0 Å². The van der Waals surface area contributed by atoms with Gasteiger partial charge in [0.15, 0.2) is 0 Å². The molecule has 0 aromatic carbocycles. The first kappa shape index (κ1) is 71.1. The second-order valence-electron chi connectivity index (χ2n) is 20.2. The lowest BCUT2D eigenvalue weighted by atomic mass is 10.1. The Morgan fingerprint density at radius 1 is 0.480 bits per heavy atom. The van der Waals surface area contributed by atoms with Crippen molar-refractivity contribution in [3.63, 3.8) is 0 Å². The maximum atomic E-state index is 13.0. The number of quaternary nitrogens is 1. The third-order valence-electron chi connectivity index (χ3n) is 11.9. The fourth-order valence-electron chi connectivity index (χ4n) is 7.39. The zero-order chi connectivity index (χ0) is 54.9. The highest BCUT2D eigenvalue weighted by Gasteiger charge is 2.23. The topological polar surface area (TPSA) is 108 Å². The molecule has 0 fully saturated rings. The van der Waals surface area contributed by atoms with Crippen molar-refractivity contribution >= 4 is 13.7 Å². The first-order chi connectivity index (χ1) is 36.5. The number of rotatable bonds is 51. The average molecular weight is 1060 g/mol. The number of hydrogen-bond acceptors (Lipinski definition) is 6. The monoisotopic (exact) mass is 1060 g/mol. The predicted molar refractivity (Wildman–Crippen MR) is 324 cm³/mol. The minimum atomic E-state index is -4.63. The van der Waals surface area contributed by atoms with E-state index in [2.05, 4.69) is 165 Å². The molecule has 8 nitrogen and oxygen atoms in total. The van der Waals surface area contributed by atoms with Crippen LogP contribution >= 0.6 is 7.82 Å². The molecule has 2 N–H and O–H groups in total. The second kappa shape index (κ2) is 54.9. The van der Waals surface area contributed by atoms with Crippen LogP contribution in [0.3, 0.4) is 0 Å². The fourth-order valence-corrected chi connectivity index (χ4v) is 8.11. The van der Waals surface area contributed by atoms with E-state index in [1.807, 2.05) is 27.2 Å². The molecular formula is C66H109N2O6P. The summed E-state index contributed by atoms with van der Waals surface area (Å²) in [5.74, 6) is -0.261. The first-order valence-electron chi connectivity index (χ1n) is 29.3. The van der Waals surface area contributed by atoms with E-state index in [1.54, 1.807) is 6.08 Å². The van der Waals surface area contributed by atoms with Gasteiger partial charge in [-0.25, -0.2) is 0 Å². The molecule has 0 rings (SSSR count). The zero-order valence-corrected chi connectivity index (χ0v) is 49.1. The van der Waals surface area contributed by atoms with Gasteiger partial charge in [0, 0.05) is 6.42 Å². The van der Waals surface area contributed by atoms with Gasteiger partial charge in [0.05, 0.1) is 39.9 Å². The standard InChI is InChI=1S/C66H109N2O6P/c1-6-8-10-12-14-16-18-20-22-24-26-28-29-30-31-32-33-34-35-36-37-38-39-40-42-44-46-48-50-52-54-56-58-60-66(70)67-64(63-74-75(71,72)73-62-61-68(3,4)5)65(69)59-57-55-53-51-49-47-45-43-41-27-25-23-21-19-17-15-13-11-9-7-2/h8,10,14,16,20,22,26,28,30-31,33-34,36-37,39-41,43-44,46,49-52,57,59,64-65,69H,6-7,9,11-13,15,17-19,21,23-25,27,29,32,35,38,42,45,47-48,53-56,58,60-63H2,1-5H3,(H-,67,70,71,72)/b10-8-,16-14-,22-20-,28-26-,31-30-,34-33-,37-36-,40-39-,43-41+,46-44-,51-49+,52-50-,59-57+. The SMILES string of the molecule is CC/C=C\C/C=C\C/C=C\C/C=C\C/C=C\C/C=C\C/C=C\C/C=C\C/C=C\C/C=C\CCCCC(=O)NC(COP(=O)([O-])OCC[N+](C)(C)C)C(O)/C=C/CC/C=C/CC/C=C/CCCCCCCCCCCC. The highest BCUT2D eigenvalue weighted by molar-refractivity contribution is 7.45. The van der Waals surface area contributed by atoms with Gasteiger partial charge in [-0.15, -0.1) is 0 Å². The summed E-state index contributed by atoms with van der Waals surface area (Å²) in [4.78, 5) is 25.5. The Kier molecular flexibility index (Phi) is 52.1. The summed E-state index contributed by atoms with van der Waals surface area (Å²) in [6, 6.07) is -0.947. The van der Waals surface area contributed by atoms with Gasteiger partial charge in [0.25, 0.3) is 7.82 Å². The van der Waals surface area contributed by atoms with Gasteiger partial charge < -0.3 is 28.8 Å². The van der Waals surface area contributed by atoms with Crippen molar-refractivity contribution in [3.05, 3.63) is 158 Å². The molecule has 0 heterocycles. The van der Waals surface area contributed by atoms with E-state index < -0.39 is 26.6 Å². The van der Waals surface area contributed by atoms with Gasteiger partial charge in [0.1, 0.15) is 13.2 Å². The largest absolute Gasteiger partial charge is 0.756 e. The molecule has 75 heavy (non-hydrogen) atoms. The van der Waals surface area contributed by atoms with E-state index in [4.69, 9.17) is 9.05 Å². The van der Waals surface area contributed by atoms with Crippen molar-refractivity contribution in [2.24, 2.45) is 0 Å². The number of aliphatic hydroxyl groups excluding tert-OH is 1. The molecule has 0 spiro atoms. The summed E-state index contributed by atoms with van der Waals surface area (Å²) < 4.78 is 23.3. The Balaban J connectivity index is 4.41. The van der Waals surface area contributed by atoms with Crippen LogP contribution in [0.25, 0.3) is 0 Å². The molecule has 0 aromatic heterocycles. The molecular weight excluding hydrogens is 948 g/mol. The lowest BCUT2D eigenvalue weighted by Crippen LogP contribution is -2.45. The van der Waals surface area contributed by atoms with Crippen LogP contribution in [0.4, 0.5) is 0 Å². The molecule has 1 amide bonds. The summed E-state index contributed by atoms with van der Waals surface area (Å²) in [5, 5.41) is 13.8. The number of carbonyl (C=O) groups is 1. The second-order valence-corrected chi connectivity index (χ2v) is 21.7. The molecule has 0 aromatic rings. The fraction of sp³-hybridized carbons (Fsp3) is 0.591. The van der Waals surface area contributed by atoms with Crippen molar-refractivity contribution in [2.75, 3.05) is 40.9 Å². The van der Waals surface area contributed by atoms with Crippen LogP contribution in [0.5, 0.6) is 0 Å². The molecule has 3 unspecified atom stereocenters. The van der Waals surface area contributed by atoms with Gasteiger partial charge in [-0.3, -0.25) is 9.36 Å². The van der Waals surface area contributed by atoms with Gasteiger partial charge >= 0.3 is 0 Å². The number of likely N-dealkylation sites (N-methyl/N-ethyl adjacent to an activating group) is 1. The maximum Gasteiger partial charge on any atom is 0.268 e. The third kappa shape index (κ3) is 57.7. The number of aliphatic hydroxyl groups is 1. The molecule has 0 aliphatic carbocycles. The van der Waals surface area contributed by atoms with E-state index in [1.165, 1.54) is 70.6 Å². The first-order valence-corrected chi connectivity index (χ1v) is 30.8. The van der Waals surface area contributed by atoms with Crippen LogP contribution in [0.2, 0.25) is 0 Å². The average Bonchev–Trinajstić information content (AvgIpc) is 3.37. The van der Waals surface area contributed by atoms with Crippen molar-refractivity contribution < 1.29 is 32.9 Å². The van der Waals surface area contributed by atoms with Gasteiger partial charge in [-0.1, -0.05) is 230 Å². The lowest BCUT2D eigenvalue weighted by Gasteiger charge is -2.29. The number of phosphoric ester groups is 1. The van der Waals surface area contributed by atoms with Crippen LogP contribution in [0.1, 0.15) is 200 Å². The van der Waals surface area contributed by atoms with Gasteiger partial charge in [-0.2, -0.15) is 0 Å². The molecule has 0 saturated heterocycles. The normalized spacial score (nSPS) is 15.0. The summed E-state index contributed by atoms with van der Waals surface area (Å²) in [6.45, 7) is 4.45. The van der Waals surface area contributed by atoms with Crippen LogP contribution < -0.4 is 10.2 Å². The van der Waals surface area contributed by atoms with E-state index in [0.29, 0.717) is 23.9 Å². The Labute approximate surface area is 461 Å². The van der Waals surface area contributed by atoms with Crippen LogP contribution in [-0.4, -0.2) is 68.5 Å². The van der Waals surface area contributed by atoms with E-state index in [-0.39, 0.29) is 18.9 Å². The summed E-state index contributed by atoms with van der Waals surface area (Å²) in [6.07, 6.45) is 86.1. The Hall–Kier alpha value is -3.88. The van der Waals surface area contributed by atoms with Crippen LogP contribution in [0.15, 0.2) is 158 Å². The zero-order valence-electron chi connectivity index (χ0n) is 48.2. The molecule has 424 valence electrons. The molecule has 3 atom stereocenters. The Morgan fingerprint density at radius 2 is 0.827 bits per heavy atom. The van der Waals surface area contributed by atoms with Gasteiger partial charge in [-0.05, 0) is 122 Å². The summed E-state index contributed by atoms with van der Waals surface area (Å²) >= 11 is 0. The number of unbranched alkanes of at least 4 members (excludes halogenated alkanes) is 14. The molecule has 0 radical (unpaired) electrons. The minimum absolute atomic E-state index is 0.0270. The highest BCUT2D eigenvalue weighted by atomic mass is 31.2. The van der Waals surface area contributed by atoms with Crippen molar-refractivity contribution in [2.45, 2.75) is 212 Å². The van der Waals surface area contributed by atoms with Gasteiger partial charge in [0.2, 0.25) is 5.91 Å². The molecule has 0 aliphatic rings. The molecule has 0 aliphatic heterocycles. The predicted octanol–water partition coefficient (Wildman–Crippen LogP) is 17.6. The lowest BCUT2D eigenvalue weighted by molar-refractivity contribution is -0.870. The minimum Gasteiger partial charge on any atom is -0.756 e. The summed E-state index contributed by atoms with van der Waals surface area (Å²) in [7, 11) is 1.18. The van der Waals surface area contributed by atoms with Crippen LogP contribution in [-0.2, 0) is 18.4 Å². The number of carbonyl (C=O) groups excluding carboxylic acids is 1. The number of allylic oxidation sites excluding steroid dienone is 25. The number of amides is 1. The Morgan fingerprint density at radius 3 is 1.24 bits per heavy atom. The number of phosphoric acid groups is 1.